The molecule has 0 aromatic rings. The molecule has 0 aromatic carbocycles. The summed E-state index contributed by atoms with van der Waals surface area (Å²) in [4.78, 5) is 0. The average molecular weight is 114 g/mol. The van der Waals surface area contributed by atoms with E-state index in [0.29, 0.717) is 0 Å². The average Bonchev–Trinajstić information content (AvgIpc) is 1.90. The van der Waals surface area contributed by atoms with Crippen LogP contribution in [0.15, 0.2) is 0 Å². The van der Waals surface area contributed by atoms with Crippen LogP contribution in [-0.4, -0.2) is 32.0 Å². The summed E-state index contributed by atoms with van der Waals surface area (Å²) in [7, 11) is 0. The van der Waals surface area contributed by atoms with E-state index in [9.17, 15) is 0 Å². The van der Waals surface area contributed by atoms with Crippen molar-refractivity contribution in [3.8, 4) is 0 Å². The molecule has 46 valence electrons. The van der Waals surface area contributed by atoms with Gasteiger partial charge in [0.25, 0.3) is 0 Å². The van der Waals surface area contributed by atoms with Crippen molar-refractivity contribution in [1.82, 2.24) is 5.32 Å². The SMILES string of the molecule is N=CC1CNCCO1. The zero-order valence-corrected chi connectivity index (χ0v) is 4.68. The van der Waals surface area contributed by atoms with Gasteiger partial charge < -0.3 is 15.5 Å². The molecule has 1 aliphatic rings. The number of ether oxygens (including phenoxy) is 1. The molecule has 0 spiro atoms. The van der Waals surface area contributed by atoms with Crippen molar-refractivity contribution in [1.29, 1.82) is 5.41 Å². The Balaban J connectivity index is 2.22. The van der Waals surface area contributed by atoms with Crippen LogP contribution in [0.25, 0.3) is 0 Å². The maximum Gasteiger partial charge on any atom is 0.104 e. The predicted octanol–water partition coefficient (Wildman–Crippen LogP) is -0.376. The van der Waals surface area contributed by atoms with E-state index in [0.717, 1.165) is 19.7 Å². The standard InChI is InChI=1S/C5H10N2O/c6-3-5-4-7-1-2-8-5/h3,5-7H,1-2,4H2. The Morgan fingerprint density at radius 3 is 3.00 bits per heavy atom. The molecule has 0 aromatic heterocycles. The lowest BCUT2D eigenvalue weighted by molar-refractivity contribution is 0.0737. The van der Waals surface area contributed by atoms with Gasteiger partial charge >= 0.3 is 0 Å². The van der Waals surface area contributed by atoms with Crippen LogP contribution in [0.5, 0.6) is 0 Å². The van der Waals surface area contributed by atoms with Crippen molar-refractivity contribution in [2.45, 2.75) is 6.10 Å². The summed E-state index contributed by atoms with van der Waals surface area (Å²) < 4.78 is 5.12. The molecule has 0 aliphatic carbocycles. The fourth-order valence-corrected chi connectivity index (χ4v) is 0.693. The van der Waals surface area contributed by atoms with Gasteiger partial charge in [0.15, 0.2) is 0 Å². The highest BCUT2D eigenvalue weighted by Gasteiger charge is 2.08. The largest absolute Gasteiger partial charge is 0.370 e. The third-order valence-corrected chi connectivity index (χ3v) is 1.14. The van der Waals surface area contributed by atoms with Gasteiger partial charge in [0.05, 0.1) is 6.61 Å². The second kappa shape index (κ2) is 2.79. The first kappa shape index (κ1) is 5.72. The van der Waals surface area contributed by atoms with Crippen molar-refractivity contribution >= 4 is 6.21 Å². The Morgan fingerprint density at radius 1 is 1.75 bits per heavy atom. The van der Waals surface area contributed by atoms with Gasteiger partial charge in [0, 0.05) is 19.3 Å². The summed E-state index contributed by atoms with van der Waals surface area (Å²) in [5.74, 6) is 0. The maximum absolute atomic E-state index is 6.81. The number of nitrogens with one attached hydrogen (secondary N) is 2. The summed E-state index contributed by atoms with van der Waals surface area (Å²) in [5, 5.41) is 9.92. The highest BCUT2D eigenvalue weighted by molar-refractivity contribution is 5.59. The minimum Gasteiger partial charge on any atom is -0.370 e. The van der Waals surface area contributed by atoms with E-state index in [1.54, 1.807) is 0 Å². The number of hydrogen-bond acceptors (Lipinski definition) is 3. The molecule has 1 atom stereocenters. The lowest BCUT2D eigenvalue weighted by Crippen LogP contribution is -2.39. The van der Waals surface area contributed by atoms with Crippen molar-refractivity contribution in [2.24, 2.45) is 0 Å². The zero-order valence-electron chi connectivity index (χ0n) is 4.68. The van der Waals surface area contributed by atoms with Gasteiger partial charge in [-0.15, -0.1) is 0 Å². The molecule has 1 unspecified atom stereocenters. The topological polar surface area (TPSA) is 45.1 Å². The maximum atomic E-state index is 6.81. The molecule has 0 radical (unpaired) electrons. The molecule has 3 nitrogen and oxygen atoms in total. The van der Waals surface area contributed by atoms with E-state index < -0.39 is 0 Å². The van der Waals surface area contributed by atoms with Crippen LogP contribution >= 0.6 is 0 Å². The molecule has 0 bridgehead atoms. The van der Waals surface area contributed by atoms with E-state index in [1.807, 2.05) is 0 Å². The first-order valence-electron chi connectivity index (χ1n) is 2.76. The third kappa shape index (κ3) is 1.28. The smallest absolute Gasteiger partial charge is 0.104 e. The Hall–Kier alpha value is -0.410. The monoisotopic (exact) mass is 114 g/mol. The van der Waals surface area contributed by atoms with Gasteiger partial charge in [0.1, 0.15) is 6.10 Å². The minimum atomic E-state index is 0.0174. The summed E-state index contributed by atoms with van der Waals surface area (Å²) in [6.45, 7) is 2.45. The van der Waals surface area contributed by atoms with Crippen LogP contribution in [0.3, 0.4) is 0 Å². The molecular weight excluding hydrogens is 104 g/mol. The highest BCUT2D eigenvalue weighted by atomic mass is 16.5. The van der Waals surface area contributed by atoms with Crippen LogP contribution in [0.4, 0.5) is 0 Å². The molecule has 1 fully saturated rings. The van der Waals surface area contributed by atoms with E-state index in [1.165, 1.54) is 6.21 Å². The molecule has 1 rings (SSSR count). The van der Waals surface area contributed by atoms with Crippen molar-refractivity contribution in [3.05, 3.63) is 0 Å². The molecule has 1 aliphatic heterocycles. The van der Waals surface area contributed by atoms with Crippen molar-refractivity contribution in [2.75, 3.05) is 19.7 Å². The molecule has 8 heavy (non-hydrogen) atoms. The molecule has 3 heteroatoms. The molecule has 0 saturated carbocycles. The quantitative estimate of drug-likeness (QED) is 0.456. The second-order valence-electron chi connectivity index (χ2n) is 1.78. The summed E-state index contributed by atoms with van der Waals surface area (Å²) in [6.07, 6.45) is 1.34. The Bertz CT molecular complexity index is 78.5. The lowest BCUT2D eigenvalue weighted by Gasteiger charge is -2.19. The fraction of sp³-hybridized carbons (Fsp3) is 0.800. The number of hydrogen-bond donors (Lipinski definition) is 2. The fourth-order valence-electron chi connectivity index (χ4n) is 0.693. The molecular formula is C5H10N2O. The van der Waals surface area contributed by atoms with Gasteiger partial charge in [-0.3, -0.25) is 0 Å². The van der Waals surface area contributed by atoms with E-state index >= 15 is 0 Å². The van der Waals surface area contributed by atoms with Crippen LogP contribution in [0.2, 0.25) is 0 Å². The van der Waals surface area contributed by atoms with E-state index in [2.05, 4.69) is 5.32 Å². The first-order valence-corrected chi connectivity index (χ1v) is 2.76. The third-order valence-electron chi connectivity index (χ3n) is 1.14. The normalized spacial score (nSPS) is 29.8. The zero-order chi connectivity index (χ0) is 5.82. The van der Waals surface area contributed by atoms with Crippen LogP contribution in [0, 0.1) is 5.41 Å². The number of morpholine rings is 1. The summed E-state index contributed by atoms with van der Waals surface area (Å²) in [6, 6.07) is 0. The summed E-state index contributed by atoms with van der Waals surface area (Å²) >= 11 is 0. The van der Waals surface area contributed by atoms with Gasteiger partial charge in [-0.2, -0.15) is 0 Å². The predicted molar refractivity (Wildman–Crippen MR) is 31.4 cm³/mol. The minimum absolute atomic E-state index is 0.0174. The molecule has 1 saturated heterocycles. The van der Waals surface area contributed by atoms with Crippen LogP contribution < -0.4 is 5.32 Å². The van der Waals surface area contributed by atoms with Crippen molar-refractivity contribution in [3.63, 3.8) is 0 Å². The molecule has 0 amide bonds. The molecule has 1 heterocycles. The van der Waals surface area contributed by atoms with Gasteiger partial charge in [0.2, 0.25) is 0 Å². The van der Waals surface area contributed by atoms with Gasteiger partial charge in [-0.05, 0) is 0 Å². The van der Waals surface area contributed by atoms with Crippen molar-refractivity contribution < 1.29 is 4.74 Å². The Morgan fingerprint density at radius 2 is 2.62 bits per heavy atom. The Kier molecular flexibility index (Phi) is 2.00. The molecule has 2 N–H and O–H groups in total. The van der Waals surface area contributed by atoms with Crippen LogP contribution in [-0.2, 0) is 4.74 Å². The van der Waals surface area contributed by atoms with Gasteiger partial charge in [-0.1, -0.05) is 0 Å². The summed E-state index contributed by atoms with van der Waals surface area (Å²) in [5.41, 5.74) is 0. The Labute approximate surface area is 48.5 Å². The highest BCUT2D eigenvalue weighted by Crippen LogP contribution is 1.89. The first-order chi connectivity index (χ1) is 3.93. The lowest BCUT2D eigenvalue weighted by atomic mass is 10.3. The van der Waals surface area contributed by atoms with Crippen LogP contribution in [0.1, 0.15) is 0 Å². The van der Waals surface area contributed by atoms with E-state index in [4.69, 9.17) is 10.1 Å². The van der Waals surface area contributed by atoms with Gasteiger partial charge in [-0.25, -0.2) is 0 Å². The van der Waals surface area contributed by atoms with E-state index in [-0.39, 0.29) is 6.10 Å². The second-order valence-corrected chi connectivity index (χ2v) is 1.78. The number of rotatable bonds is 1.